The molecule has 0 aromatic heterocycles. The zero-order valence-corrected chi connectivity index (χ0v) is 15.0. The number of hydrogen-bond donors (Lipinski definition) is 1. The number of benzene rings is 1. The van der Waals surface area contributed by atoms with Crippen molar-refractivity contribution < 1.29 is 9.90 Å². The lowest BCUT2D eigenvalue weighted by Gasteiger charge is -2.31. The van der Waals surface area contributed by atoms with E-state index in [1.54, 1.807) is 0 Å². The number of carbonyl (C=O) groups is 1. The summed E-state index contributed by atoms with van der Waals surface area (Å²) >= 11 is 0. The molecule has 0 saturated carbocycles. The molecular formula is C20H30N2O2. The van der Waals surface area contributed by atoms with Crippen LogP contribution < -0.4 is 0 Å². The molecule has 2 aliphatic rings. The molecule has 4 heteroatoms. The Morgan fingerprint density at radius 1 is 1.17 bits per heavy atom. The Morgan fingerprint density at radius 3 is 2.38 bits per heavy atom. The van der Waals surface area contributed by atoms with Crippen molar-refractivity contribution in [3.05, 3.63) is 35.4 Å². The topological polar surface area (TPSA) is 43.8 Å². The van der Waals surface area contributed by atoms with Gasteiger partial charge in [-0.3, -0.25) is 9.69 Å². The summed E-state index contributed by atoms with van der Waals surface area (Å²) in [6.07, 6.45) is 3.25. The summed E-state index contributed by atoms with van der Waals surface area (Å²) in [5.74, 6) is 0.641. The second-order valence-electron chi connectivity index (χ2n) is 8.24. The van der Waals surface area contributed by atoms with E-state index >= 15 is 0 Å². The van der Waals surface area contributed by atoms with Gasteiger partial charge < -0.3 is 10.0 Å². The van der Waals surface area contributed by atoms with Crippen LogP contribution in [0, 0.1) is 11.3 Å². The molecule has 0 atom stereocenters. The molecule has 132 valence electrons. The Balaban J connectivity index is 1.55. The van der Waals surface area contributed by atoms with Crippen molar-refractivity contribution in [1.82, 2.24) is 9.80 Å². The van der Waals surface area contributed by atoms with Crippen LogP contribution in [0.1, 0.15) is 49.0 Å². The van der Waals surface area contributed by atoms with Crippen molar-refractivity contribution in [2.45, 2.75) is 39.7 Å². The van der Waals surface area contributed by atoms with E-state index in [1.165, 1.54) is 5.56 Å². The first-order chi connectivity index (χ1) is 11.5. The molecule has 1 aromatic carbocycles. The van der Waals surface area contributed by atoms with E-state index in [1.807, 2.05) is 17.0 Å². The normalized spacial score (nSPS) is 22.0. The van der Waals surface area contributed by atoms with Crippen molar-refractivity contribution >= 4 is 5.91 Å². The zero-order valence-electron chi connectivity index (χ0n) is 15.0. The zero-order chi connectivity index (χ0) is 17.2. The van der Waals surface area contributed by atoms with E-state index in [0.717, 1.165) is 57.5 Å². The van der Waals surface area contributed by atoms with Gasteiger partial charge in [0.1, 0.15) is 0 Å². The van der Waals surface area contributed by atoms with Crippen LogP contribution in [-0.2, 0) is 6.54 Å². The summed E-state index contributed by atoms with van der Waals surface area (Å²) in [5.41, 5.74) is 2.31. The van der Waals surface area contributed by atoms with Gasteiger partial charge in [0, 0.05) is 31.8 Å². The lowest BCUT2D eigenvalue weighted by atomic mass is 9.93. The maximum absolute atomic E-state index is 12.6. The van der Waals surface area contributed by atoms with E-state index < -0.39 is 0 Å². The fourth-order valence-electron chi connectivity index (χ4n) is 3.81. The summed E-state index contributed by atoms with van der Waals surface area (Å²) in [7, 11) is 0. The first-order valence-electron chi connectivity index (χ1n) is 9.18. The molecule has 4 nitrogen and oxygen atoms in total. The van der Waals surface area contributed by atoms with Crippen molar-refractivity contribution in [2.24, 2.45) is 11.3 Å². The SMILES string of the molecule is CC1(C)CCN(C(=O)c2ccc(CN3CCC(CO)CC3)cc2)C1. The highest BCUT2D eigenvalue weighted by atomic mass is 16.3. The number of hydrogen-bond acceptors (Lipinski definition) is 3. The number of rotatable bonds is 4. The van der Waals surface area contributed by atoms with Gasteiger partial charge in [0.25, 0.3) is 5.91 Å². The van der Waals surface area contributed by atoms with Crippen LogP contribution in [0.3, 0.4) is 0 Å². The Bertz CT molecular complexity index is 560. The Kier molecular flexibility index (Phi) is 5.26. The van der Waals surface area contributed by atoms with Gasteiger partial charge >= 0.3 is 0 Å². The van der Waals surface area contributed by atoms with Crippen LogP contribution in [0.15, 0.2) is 24.3 Å². The first kappa shape index (κ1) is 17.4. The summed E-state index contributed by atoms with van der Waals surface area (Å²) in [6.45, 7) is 9.53. The van der Waals surface area contributed by atoms with E-state index in [-0.39, 0.29) is 11.3 Å². The Labute approximate surface area is 145 Å². The van der Waals surface area contributed by atoms with Crippen LogP contribution in [0.25, 0.3) is 0 Å². The molecule has 0 radical (unpaired) electrons. The van der Waals surface area contributed by atoms with Gasteiger partial charge in [0.2, 0.25) is 0 Å². The molecule has 2 aliphatic heterocycles. The minimum Gasteiger partial charge on any atom is -0.396 e. The molecule has 2 fully saturated rings. The molecule has 1 amide bonds. The van der Waals surface area contributed by atoms with Gasteiger partial charge in [-0.2, -0.15) is 0 Å². The van der Waals surface area contributed by atoms with E-state index in [9.17, 15) is 9.90 Å². The fourth-order valence-corrected chi connectivity index (χ4v) is 3.81. The monoisotopic (exact) mass is 330 g/mol. The molecule has 2 heterocycles. The number of piperidine rings is 1. The standard InChI is InChI=1S/C20H30N2O2/c1-20(2)9-12-22(15-20)19(24)18-5-3-16(4-6-18)13-21-10-7-17(14-23)8-11-21/h3-6,17,23H,7-15H2,1-2H3. The van der Waals surface area contributed by atoms with Crippen LogP contribution in [0.5, 0.6) is 0 Å². The molecule has 1 aromatic rings. The van der Waals surface area contributed by atoms with Crippen LogP contribution in [-0.4, -0.2) is 53.6 Å². The molecule has 0 unspecified atom stereocenters. The predicted molar refractivity (Wildman–Crippen MR) is 95.8 cm³/mol. The summed E-state index contributed by atoms with van der Waals surface area (Å²) in [5, 5.41) is 9.22. The molecule has 0 spiro atoms. The first-order valence-corrected chi connectivity index (χ1v) is 9.18. The minimum absolute atomic E-state index is 0.163. The smallest absolute Gasteiger partial charge is 0.253 e. The van der Waals surface area contributed by atoms with Gasteiger partial charge in [-0.25, -0.2) is 0 Å². The van der Waals surface area contributed by atoms with Crippen LogP contribution >= 0.6 is 0 Å². The third kappa shape index (κ3) is 4.17. The van der Waals surface area contributed by atoms with Crippen LogP contribution in [0.4, 0.5) is 0 Å². The maximum Gasteiger partial charge on any atom is 0.253 e. The van der Waals surface area contributed by atoms with Crippen molar-refractivity contribution in [2.75, 3.05) is 32.8 Å². The minimum atomic E-state index is 0.163. The quantitative estimate of drug-likeness (QED) is 0.923. The molecule has 3 rings (SSSR count). The highest BCUT2D eigenvalue weighted by Crippen LogP contribution is 2.29. The average molecular weight is 330 g/mol. The molecule has 0 aliphatic carbocycles. The number of nitrogens with zero attached hydrogens (tertiary/aromatic N) is 2. The maximum atomic E-state index is 12.6. The fraction of sp³-hybridized carbons (Fsp3) is 0.650. The lowest BCUT2D eigenvalue weighted by Crippen LogP contribution is -2.34. The highest BCUT2D eigenvalue weighted by Gasteiger charge is 2.32. The molecule has 24 heavy (non-hydrogen) atoms. The highest BCUT2D eigenvalue weighted by molar-refractivity contribution is 5.94. The summed E-state index contributed by atoms with van der Waals surface area (Å²) in [6, 6.07) is 8.13. The summed E-state index contributed by atoms with van der Waals surface area (Å²) < 4.78 is 0. The van der Waals surface area contributed by atoms with Gasteiger partial charge in [0.15, 0.2) is 0 Å². The molecule has 2 saturated heterocycles. The number of aliphatic hydroxyl groups is 1. The predicted octanol–water partition coefficient (Wildman–Crippen LogP) is 2.76. The van der Waals surface area contributed by atoms with Gasteiger partial charge in [-0.15, -0.1) is 0 Å². The van der Waals surface area contributed by atoms with E-state index in [4.69, 9.17) is 0 Å². The van der Waals surface area contributed by atoms with Crippen molar-refractivity contribution in [1.29, 1.82) is 0 Å². The van der Waals surface area contributed by atoms with Crippen LogP contribution in [0.2, 0.25) is 0 Å². The lowest BCUT2D eigenvalue weighted by molar-refractivity contribution is 0.0778. The third-order valence-corrected chi connectivity index (χ3v) is 5.54. The van der Waals surface area contributed by atoms with Gasteiger partial charge in [-0.1, -0.05) is 26.0 Å². The van der Waals surface area contributed by atoms with Crippen molar-refractivity contribution in [3.63, 3.8) is 0 Å². The Morgan fingerprint density at radius 2 is 1.83 bits per heavy atom. The number of amides is 1. The van der Waals surface area contributed by atoms with E-state index in [2.05, 4.69) is 30.9 Å². The molecule has 0 bridgehead atoms. The van der Waals surface area contributed by atoms with Crippen molar-refractivity contribution in [3.8, 4) is 0 Å². The number of aliphatic hydroxyl groups excluding tert-OH is 1. The number of carbonyl (C=O) groups excluding carboxylic acids is 1. The van der Waals surface area contributed by atoms with E-state index in [0.29, 0.717) is 12.5 Å². The molecule has 1 N–H and O–H groups in total. The summed E-state index contributed by atoms with van der Waals surface area (Å²) in [4.78, 5) is 17.0. The van der Waals surface area contributed by atoms with Gasteiger partial charge in [0.05, 0.1) is 0 Å². The molecular weight excluding hydrogens is 300 g/mol. The largest absolute Gasteiger partial charge is 0.396 e. The third-order valence-electron chi connectivity index (χ3n) is 5.54. The average Bonchev–Trinajstić information content (AvgIpc) is 2.95. The number of likely N-dealkylation sites (tertiary alicyclic amines) is 2. The van der Waals surface area contributed by atoms with Gasteiger partial charge in [-0.05, 0) is 61.4 Å². The second kappa shape index (κ2) is 7.24. The second-order valence-corrected chi connectivity index (χ2v) is 8.24. The Hall–Kier alpha value is -1.39.